The molecule has 0 amide bonds. The summed E-state index contributed by atoms with van der Waals surface area (Å²) in [6.07, 6.45) is 5.07. The van der Waals surface area contributed by atoms with Crippen molar-refractivity contribution in [2.24, 2.45) is 0 Å². The van der Waals surface area contributed by atoms with Crippen molar-refractivity contribution in [3.63, 3.8) is 0 Å². The molecule has 0 radical (unpaired) electrons. The lowest BCUT2D eigenvalue weighted by molar-refractivity contribution is 0.984. The van der Waals surface area contributed by atoms with Crippen LogP contribution < -0.4 is 11.1 Å². The van der Waals surface area contributed by atoms with E-state index in [9.17, 15) is 0 Å². The van der Waals surface area contributed by atoms with E-state index in [1.165, 1.54) is 0 Å². The summed E-state index contributed by atoms with van der Waals surface area (Å²) in [6.45, 7) is 0.587. The van der Waals surface area contributed by atoms with Crippen molar-refractivity contribution in [2.45, 2.75) is 6.54 Å². The zero-order valence-electron chi connectivity index (χ0n) is 7.44. The van der Waals surface area contributed by atoms with Crippen LogP contribution in [0.4, 0.5) is 11.8 Å². The van der Waals surface area contributed by atoms with Crippen LogP contribution in [-0.4, -0.2) is 19.9 Å². The Labute approximate surface area is 80.6 Å². The fraction of sp³-hybridized carbons (Fsp3) is 0.125. The van der Waals surface area contributed by atoms with Crippen LogP contribution >= 0.6 is 0 Å². The van der Waals surface area contributed by atoms with E-state index < -0.39 is 0 Å². The number of rotatable bonds is 3. The second-order valence-corrected chi connectivity index (χ2v) is 2.69. The van der Waals surface area contributed by atoms with Gasteiger partial charge in [-0.2, -0.15) is 4.98 Å². The summed E-state index contributed by atoms with van der Waals surface area (Å²) in [4.78, 5) is 14.8. The first kappa shape index (κ1) is 8.49. The van der Waals surface area contributed by atoms with Crippen molar-refractivity contribution >= 4 is 11.8 Å². The van der Waals surface area contributed by atoms with E-state index >= 15 is 0 Å². The van der Waals surface area contributed by atoms with E-state index in [0.29, 0.717) is 12.4 Å². The van der Waals surface area contributed by atoms with Crippen LogP contribution in [-0.2, 0) is 6.54 Å². The number of imidazole rings is 1. The highest BCUT2D eigenvalue weighted by Gasteiger charge is 1.96. The minimum absolute atomic E-state index is 0.259. The number of H-pyrrole nitrogens is 1. The van der Waals surface area contributed by atoms with E-state index in [1.807, 2.05) is 0 Å². The smallest absolute Gasteiger partial charge is 0.221 e. The maximum absolute atomic E-state index is 5.42. The predicted molar refractivity (Wildman–Crippen MR) is 52.4 cm³/mol. The Hall–Kier alpha value is -2.11. The van der Waals surface area contributed by atoms with E-state index in [4.69, 9.17) is 5.73 Å². The van der Waals surface area contributed by atoms with Crippen LogP contribution in [0.25, 0.3) is 0 Å². The Morgan fingerprint density at radius 2 is 2.29 bits per heavy atom. The predicted octanol–water partition coefficient (Wildman–Crippen LogP) is 0.394. The molecule has 4 N–H and O–H groups in total. The molecule has 14 heavy (non-hydrogen) atoms. The second-order valence-electron chi connectivity index (χ2n) is 2.69. The van der Waals surface area contributed by atoms with Gasteiger partial charge in [0.25, 0.3) is 0 Å². The van der Waals surface area contributed by atoms with Crippen molar-refractivity contribution in [1.82, 2.24) is 19.9 Å². The molecule has 0 aliphatic rings. The maximum atomic E-state index is 5.42. The molecule has 2 rings (SSSR count). The van der Waals surface area contributed by atoms with Crippen molar-refractivity contribution in [3.05, 3.63) is 30.5 Å². The summed E-state index contributed by atoms with van der Waals surface area (Å²) in [5, 5.41) is 3.06. The summed E-state index contributed by atoms with van der Waals surface area (Å²) in [5.74, 6) is 1.80. The highest BCUT2D eigenvalue weighted by Crippen LogP contribution is 2.03. The lowest BCUT2D eigenvalue weighted by atomic mass is 10.5. The monoisotopic (exact) mass is 190 g/mol. The van der Waals surface area contributed by atoms with Crippen LogP contribution in [0, 0.1) is 0 Å². The maximum Gasteiger partial charge on any atom is 0.221 e. The van der Waals surface area contributed by atoms with Crippen LogP contribution in [0.2, 0.25) is 0 Å². The zero-order valence-corrected chi connectivity index (χ0v) is 7.44. The van der Waals surface area contributed by atoms with Crippen molar-refractivity contribution < 1.29 is 0 Å². The summed E-state index contributed by atoms with van der Waals surface area (Å²) in [5.41, 5.74) is 5.42. The number of hydrogen-bond donors (Lipinski definition) is 3. The summed E-state index contributed by atoms with van der Waals surface area (Å²) in [6, 6.07) is 1.75. The Bertz CT molecular complexity index is 396. The molecule has 0 aliphatic heterocycles. The summed E-state index contributed by atoms with van der Waals surface area (Å²) < 4.78 is 0. The minimum atomic E-state index is 0.259. The molecule has 2 aromatic rings. The molecule has 0 bridgehead atoms. The van der Waals surface area contributed by atoms with Crippen LogP contribution in [0.1, 0.15) is 5.82 Å². The molecule has 2 aromatic heterocycles. The number of nitrogens with two attached hydrogens (primary N) is 1. The van der Waals surface area contributed by atoms with E-state index in [1.54, 1.807) is 24.7 Å². The van der Waals surface area contributed by atoms with Gasteiger partial charge in [0.15, 0.2) is 0 Å². The van der Waals surface area contributed by atoms with Gasteiger partial charge in [-0.05, 0) is 6.07 Å². The summed E-state index contributed by atoms with van der Waals surface area (Å²) >= 11 is 0. The van der Waals surface area contributed by atoms with E-state index in [-0.39, 0.29) is 5.95 Å². The number of anilines is 2. The van der Waals surface area contributed by atoms with Crippen molar-refractivity contribution in [2.75, 3.05) is 11.1 Å². The third-order valence-electron chi connectivity index (χ3n) is 1.67. The SMILES string of the molecule is Nc1nccc(NCc2ncc[nH]2)n1. The Morgan fingerprint density at radius 1 is 1.36 bits per heavy atom. The molecular weight excluding hydrogens is 180 g/mol. The van der Waals surface area contributed by atoms with Gasteiger partial charge in [-0.25, -0.2) is 9.97 Å². The van der Waals surface area contributed by atoms with Gasteiger partial charge in [-0.1, -0.05) is 0 Å². The van der Waals surface area contributed by atoms with Gasteiger partial charge in [0.05, 0.1) is 6.54 Å². The second kappa shape index (κ2) is 3.73. The van der Waals surface area contributed by atoms with Gasteiger partial charge in [0.1, 0.15) is 11.6 Å². The third kappa shape index (κ3) is 1.98. The first-order chi connectivity index (χ1) is 6.84. The molecule has 0 aliphatic carbocycles. The number of aromatic amines is 1. The van der Waals surface area contributed by atoms with Gasteiger partial charge < -0.3 is 16.0 Å². The van der Waals surface area contributed by atoms with Crippen LogP contribution in [0.3, 0.4) is 0 Å². The molecule has 6 nitrogen and oxygen atoms in total. The van der Waals surface area contributed by atoms with Gasteiger partial charge in [0, 0.05) is 18.6 Å². The molecular formula is C8H10N6. The van der Waals surface area contributed by atoms with E-state index in [2.05, 4.69) is 25.3 Å². The third-order valence-corrected chi connectivity index (χ3v) is 1.67. The number of hydrogen-bond acceptors (Lipinski definition) is 5. The molecule has 6 heteroatoms. The quantitative estimate of drug-likeness (QED) is 0.651. The fourth-order valence-corrected chi connectivity index (χ4v) is 1.04. The number of nitrogen functional groups attached to an aromatic ring is 1. The van der Waals surface area contributed by atoms with E-state index in [0.717, 1.165) is 5.82 Å². The molecule has 2 heterocycles. The average molecular weight is 190 g/mol. The van der Waals surface area contributed by atoms with Crippen molar-refractivity contribution in [1.29, 1.82) is 0 Å². The van der Waals surface area contributed by atoms with Gasteiger partial charge in [0.2, 0.25) is 5.95 Å². The van der Waals surface area contributed by atoms with Gasteiger partial charge in [-0.3, -0.25) is 0 Å². The van der Waals surface area contributed by atoms with Crippen LogP contribution in [0.5, 0.6) is 0 Å². The van der Waals surface area contributed by atoms with Crippen LogP contribution in [0.15, 0.2) is 24.7 Å². The molecule has 72 valence electrons. The highest BCUT2D eigenvalue weighted by molar-refractivity contribution is 5.37. The number of nitrogens with one attached hydrogen (secondary N) is 2. The van der Waals surface area contributed by atoms with Gasteiger partial charge >= 0.3 is 0 Å². The zero-order chi connectivity index (χ0) is 9.80. The standard InChI is InChI=1S/C8H10N6/c9-8-12-2-1-6(14-8)13-5-7-10-3-4-11-7/h1-4H,5H2,(H,10,11)(H3,9,12,13,14). The molecule has 0 saturated carbocycles. The normalized spacial score (nSPS) is 10.0. The molecule has 0 unspecified atom stereocenters. The first-order valence-electron chi connectivity index (χ1n) is 4.15. The topological polar surface area (TPSA) is 92.5 Å². The Morgan fingerprint density at radius 3 is 3.00 bits per heavy atom. The van der Waals surface area contributed by atoms with Crippen molar-refractivity contribution in [3.8, 4) is 0 Å². The number of aromatic nitrogens is 4. The summed E-state index contributed by atoms with van der Waals surface area (Å²) in [7, 11) is 0. The molecule has 0 fully saturated rings. The Balaban J connectivity index is 1.98. The molecule has 0 atom stereocenters. The molecule has 0 spiro atoms. The number of nitrogens with zero attached hydrogens (tertiary/aromatic N) is 3. The lowest BCUT2D eigenvalue weighted by Gasteiger charge is -2.02. The minimum Gasteiger partial charge on any atom is -0.368 e. The largest absolute Gasteiger partial charge is 0.368 e. The molecule has 0 aromatic carbocycles. The first-order valence-corrected chi connectivity index (χ1v) is 4.15. The lowest BCUT2D eigenvalue weighted by Crippen LogP contribution is -2.04. The molecule has 0 saturated heterocycles. The van der Waals surface area contributed by atoms with Gasteiger partial charge in [-0.15, -0.1) is 0 Å². The fourth-order valence-electron chi connectivity index (χ4n) is 1.04. The average Bonchev–Trinajstić information content (AvgIpc) is 2.67. The Kier molecular flexibility index (Phi) is 2.26. The highest BCUT2D eigenvalue weighted by atomic mass is 15.1.